The molecule has 1 aromatic heterocycles. The van der Waals surface area contributed by atoms with Crippen LogP contribution in [0.2, 0.25) is 0 Å². The van der Waals surface area contributed by atoms with Crippen LogP contribution in [-0.4, -0.2) is 60.4 Å². The van der Waals surface area contributed by atoms with Gasteiger partial charge in [-0.25, -0.2) is 9.97 Å². The van der Waals surface area contributed by atoms with Crippen LogP contribution in [-0.2, 0) is 9.59 Å². The fourth-order valence-corrected chi connectivity index (χ4v) is 4.97. The minimum Gasteiger partial charge on any atom is -0.497 e. The van der Waals surface area contributed by atoms with Gasteiger partial charge in [0, 0.05) is 60.4 Å². The highest BCUT2D eigenvalue weighted by atomic mass is 32.2. The largest absolute Gasteiger partial charge is 0.497 e. The number of para-hydroxylation sites is 2. The third-order valence-corrected chi connectivity index (χ3v) is 7.13. The minimum absolute atomic E-state index is 0.106. The zero-order chi connectivity index (χ0) is 27.9. The molecule has 0 atom stereocenters. The number of ketones is 1. The van der Waals surface area contributed by atoms with Crippen molar-refractivity contribution in [1.82, 2.24) is 14.9 Å². The SMILES string of the molecule is COc1cc(Nc2nc3ccccc3nc2NSc2cccc(NC(=O)CN3CCC(=O)CC3)c2)cc(OC)c1. The molecule has 2 heterocycles. The van der Waals surface area contributed by atoms with Gasteiger partial charge in [-0.2, -0.15) is 0 Å². The second-order valence-electron chi connectivity index (χ2n) is 9.23. The highest BCUT2D eigenvalue weighted by Gasteiger charge is 2.18. The van der Waals surface area contributed by atoms with E-state index in [2.05, 4.69) is 15.4 Å². The fourth-order valence-electron chi connectivity index (χ4n) is 4.28. The zero-order valence-electron chi connectivity index (χ0n) is 22.3. The van der Waals surface area contributed by atoms with Crippen LogP contribution < -0.4 is 24.8 Å². The average molecular weight is 559 g/mol. The molecule has 0 spiro atoms. The van der Waals surface area contributed by atoms with E-state index in [0.717, 1.165) is 21.6 Å². The summed E-state index contributed by atoms with van der Waals surface area (Å²) in [5, 5.41) is 6.30. The lowest BCUT2D eigenvalue weighted by atomic mass is 10.1. The molecular weight excluding hydrogens is 528 g/mol. The smallest absolute Gasteiger partial charge is 0.238 e. The molecule has 1 saturated heterocycles. The van der Waals surface area contributed by atoms with Gasteiger partial charge in [-0.15, -0.1) is 0 Å². The number of carbonyl (C=O) groups excluding carboxylic acids is 2. The van der Waals surface area contributed by atoms with Gasteiger partial charge in [-0.05, 0) is 42.3 Å². The number of anilines is 4. The summed E-state index contributed by atoms with van der Waals surface area (Å²) in [5.41, 5.74) is 2.92. The van der Waals surface area contributed by atoms with E-state index in [4.69, 9.17) is 19.4 Å². The molecule has 1 fully saturated rings. The van der Waals surface area contributed by atoms with Crippen LogP contribution in [0.4, 0.5) is 23.0 Å². The number of benzene rings is 3. The number of nitrogens with one attached hydrogen (secondary N) is 3. The van der Waals surface area contributed by atoms with Crippen molar-refractivity contribution in [2.75, 3.05) is 49.2 Å². The lowest BCUT2D eigenvalue weighted by Gasteiger charge is -2.24. The normalized spacial score (nSPS) is 13.6. The first-order chi connectivity index (χ1) is 19.5. The summed E-state index contributed by atoms with van der Waals surface area (Å²) in [5.74, 6) is 2.52. The lowest BCUT2D eigenvalue weighted by Crippen LogP contribution is -2.39. The van der Waals surface area contributed by atoms with Crippen molar-refractivity contribution in [3.8, 4) is 11.5 Å². The highest BCUT2D eigenvalue weighted by molar-refractivity contribution is 8.00. The Labute approximate surface area is 236 Å². The van der Waals surface area contributed by atoms with Gasteiger partial charge in [0.2, 0.25) is 5.91 Å². The summed E-state index contributed by atoms with van der Waals surface area (Å²) < 4.78 is 14.1. The first-order valence-corrected chi connectivity index (χ1v) is 13.6. The Morgan fingerprint density at radius 3 is 2.23 bits per heavy atom. The molecule has 0 saturated carbocycles. The molecule has 0 unspecified atom stereocenters. The predicted molar refractivity (Wildman–Crippen MR) is 158 cm³/mol. The van der Waals surface area contributed by atoms with E-state index in [1.165, 1.54) is 11.9 Å². The molecule has 0 radical (unpaired) electrons. The van der Waals surface area contributed by atoms with E-state index < -0.39 is 0 Å². The Bertz CT molecular complexity index is 1500. The second kappa shape index (κ2) is 12.7. The Kier molecular flexibility index (Phi) is 8.62. The van der Waals surface area contributed by atoms with Gasteiger partial charge in [0.25, 0.3) is 0 Å². The summed E-state index contributed by atoms with van der Waals surface area (Å²) in [6, 6.07) is 20.7. The van der Waals surface area contributed by atoms with Crippen molar-refractivity contribution < 1.29 is 19.1 Å². The number of piperidine rings is 1. The third kappa shape index (κ3) is 6.99. The summed E-state index contributed by atoms with van der Waals surface area (Å²) in [4.78, 5) is 36.5. The third-order valence-electron chi connectivity index (χ3n) is 6.35. The van der Waals surface area contributed by atoms with E-state index >= 15 is 0 Å². The maximum absolute atomic E-state index is 12.6. The number of amides is 1. The quantitative estimate of drug-likeness (QED) is 0.227. The molecule has 1 amide bonds. The fraction of sp³-hybridized carbons (Fsp3) is 0.241. The van der Waals surface area contributed by atoms with Crippen molar-refractivity contribution in [1.29, 1.82) is 0 Å². The van der Waals surface area contributed by atoms with Gasteiger partial charge in [0.15, 0.2) is 11.6 Å². The van der Waals surface area contributed by atoms with E-state index in [1.54, 1.807) is 20.3 Å². The Morgan fingerprint density at radius 1 is 0.875 bits per heavy atom. The molecule has 4 aromatic rings. The van der Waals surface area contributed by atoms with Gasteiger partial charge in [-0.1, -0.05) is 18.2 Å². The van der Waals surface area contributed by atoms with Crippen LogP contribution in [0.5, 0.6) is 11.5 Å². The average Bonchev–Trinajstić information content (AvgIpc) is 2.97. The van der Waals surface area contributed by atoms with Gasteiger partial charge < -0.3 is 24.8 Å². The number of fused-ring (bicyclic) bond motifs is 1. The molecule has 0 aliphatic carbocycles. The second-order valence-corrected chi connectivity index (χ2v) is 10.1. The molecule has 40 heavy (non-hydrogen) atoms. The van der Waals surface area contributed by atoms with E-state index in [0.29, 0.717) is 54.8 Å². The van der Waals surface area contributed by atoms with E-state index in [1.807, 2.05) is 65.6 Å². The zero-order valence-corrected chi connectivity index (χ0v) is 23.1. The first kappa shape index (κ1) is 27.2. The van der Waals surface area contributed by atoms with Crippen molar-refractivity contribution >= 4 is 57.7 Å². The number of hydrogen-bond acceptors (Lipinski definition) is 10. The van der Waals surface area contributed by atoms with Crippen LogP contribution in [0.3, 0.4) is 0 Å². The molecule has 206 valence electrons. The molecule has 3 N–H and O–H groups in total. The maximum Gasteiger partial charge on any atom is 0.238 e. The Morgan fingerprint density at radius 2 is 1.55 bits per heavy atom. The lowest BCUT2D eigenvalue weighted by molar-refractivity contribution is -0.124. The number of likely N-dealkylation sites (tertiary alicyclic amines) is 1. The number of aromatic nitrogens is 2. The van der Waals surface area contributed by atoms with Crippen molar-refractivity contribution in [3.63, 3.8) is 0 Å². The number of nitrogens with zero attached hydrogens (tertiary/aromatic N) is 3. The summed E-state index contributed by atoms with van der Waals surface area (Å²) in [6.07, 6.45) is 1.01. The van der Waals surface area contributed by atoms with Crippen molar-refractivity contribution in [3.05, 3.63) is 66.7 Å². The number of carbonyl (C=O) groups is 2. The van der Waals surface area contributed by atoms with Gasteiger partial charge in [0.05, 0.1) is 31.8 Å². The number of rotatable bonds is 10. The van der Waals surface area contributed by atoms with Crippen LogP contribution >= 0.6 is 11.9 Å². The topological polar surface area (TPSA) is 118 Å². The van der Waals surface area contributed by atoms with Crippen LogP contribution in [0.15, 0.2) is 71.6 Å². The van der Waals surface area contributed by atoms with Crippen LogP contribution in [0.25, 0.3) is 11.0 Å². The molecule has 1 aliphatic rings. The van der Waals surface area contributed by atoms with Gasteiger partial charge in [-0.3, -0.25) is 14.5 Å². The number of Topliss-reactive ketones (excluding diaryl/α,β-unsaturated/α-hetero) is 1. The number of hydrogen-bond donors (Lipinski definition) is 3. The maximum atomic E-state index is 12.6. The van der Waals surface area contributed by atoms with Crippen molar-refractivity contribution in [2.45, 2.75) is 17.7 Å². The van der Waals surface area contributed by atoms with Crippen LogP contribution in [0.1, 0.15) is 12.8 Å². The molecular formula is C29H30N6O4S. The van der Waals surface area contributed by atoms with E-state index in [9.17, 15) is 9.59 Å². The number of methoxy groups -OCH3 is 2. The number of ether oxygens (including phenoxy) is 2. The van der Waals surface area contributed by atoms with Gasteiger partial charge >= 0.3 is 0 Å². The molecule has 5 rings (SSSR count). The molecule has 11 heteroatoms. The van der Waals surface area contributed by atoms with Crippen molar-refractivity contribution in [2.24, 2.45) is 0 Å². The molecule has 1 aliphatic heterocycles. The summed E-state index contributed by atoms with van der Waals surface area (Å²) in [7, 11) is 3.20. The summed E-state index contributed by atoms with van der Waals surface area (Å²) in [6.45, 7) is 1.51. The standard InChI is InChI=1S/C29H30N6O4S/c1-38-22-14-20(15-23(17-22)39-2)31-28-29(33-26-9-4-3-8-25(26)32-28)34-40-24-7-5-6-19(16-24)30-27(37)18-35-12-10-21(36)11-13-35/h3-9,14-17H,10-13,18H2,1-2H3,(H,30,37)(H,31,32)(H,33,34). The summed E-state index contributed by atoms with van der Waals surface area (Å²) >= 11 is 1.36. The Balaban J connectivity index is 1.31. The predicted octanol–water partition coefficient (Wildman–Crippen LogP) is 5.11. The van der Waals surface area contributed by atoms with E-state index in [-0.39, 0.29) is 18.2 Å². The first-order valence-electron chi connectivity index (χ1n) is 12.8. The van der Waals surface area contributed by atoms with Crippen LogP contribution in [0, 0.1) is 0 Å². The Hall–Kier alpha value is -4.35. The monoisotopic (exact) mass is 558 g/mol. The minimum atomic E-state index is -0.106. The molecule has 0 bridgehead atoms. The van der Waals surface area contributed by atoms with Gasteiger partial charge in [0.1, 0.15) is 17.3 Å². The molecule has 3 aromatic carbocycles. The highest BCUT2D eigenvalue weighted by Crippen LogP contribution is 2.32. The molecule has 10 nitrogen and oxygen atoms in total.